The highest BCUT2D eigenvalue weighted by Crippen LogP contribution is 2.29. The smallest absolute Gasteiger partial charge is 0.325 e. The van der Waals surface area contributed by atoms with Crippen molar-refractivity contribution in [3.63, 3.8) is 0 Å². The summed E-state index contributed by atoms with van der Waals surface area (Å²) in [5, 5.41) is 12.9. The summed E-state index contributed by atoms with van der Waals surface area (Å²) in [6.07, 6.45) is 1.21. The van der Waals surface area contributed by atoms with E-state index in [1.165, 1.54) is 16.2 Å². The summed E-state index contributed by atoms with van der Waals surface area (Å²) in [6, 6.07) is 1.36. The Kier molecular flexibility index (Phi) is 3.61. The minimum Gasteiger partial charge on any atom is -0.354 e. The Morgan fingerprint density at radius 1 is 1.38 bits per heavy atom. The van der Waals surface area contributed by atoms with Gasteiger partial charge in [0.15, 0.2) is 5.76 Å². The molecule has 24 heavy (non-hydrogen) atoms. The number of nitrogens with zero attached hydrogens (tertiary/aromatic N) is 3. The van der Waals surface area contributed by atoms with Crippen LogP contribution in [0, 0.1) is 6.92 Å². The highest BCUT2D eigenvalue weighted by molar-refractivity contribution is 7.09. The van der Waals surface area contributed by atoms with Crippen molar-refractivity contribution in [1.82, 2.24) is 25.7 Å². The molecule has 4 rings (SSSR count). The number of rotatable bonds is 3. The Labute approximate surface area is 142 Å². The molecule has 2 aliphatic rings. The maximum Gasteiger partial charge on any atom is 0.325 e. The van der Waals surface area contributed by atoms with Crippen LogP contribution in [0.4, 0.5) is 4.79 Å². The Morgan fingerprint density at radius 2 is 2.17 bits per heavy atom. The van der Waals surface area contributed by atoms with E-state index >= 15 is 0 Å². The van der Waals surface area contributed by atoms with Gasteiger partial charge in [0.2, 0.25) is 0 Å². The fourth-order valence-corrected chi connectivity index (χ4v) is 3.76. The maximum atomic E-state index is 12.7. The number of nitrogens with one attached hydrogen (secondary N) is 2. The van der Waals surface area contributed by atoms with Gasteiger partial charge in [0.1, 0.15) is 16.9 Å². The fourth-order valence-electron chi connectivity index (χ4n) is 3.16. The van der Waals surface area contributed by atoms with Gasteiger partial charge in [0.05, 0.1) is 11.6 Å². The molecule has 2 saturated heterocycles. The molecule has 4 heterocycles. The predicted molar refractivity (Wildman–Crippen MR) is 86.3 cm³/mol. The number of carbonyl (C=O) groups is 2. The zero-order valence-corrected chi connectivity index (χ0v) is 14.0. The summed E-state index contributed by atoms with van der Waals surface area (Å²) in [4.78, 5) is 30.5. The molecule has 0 bridgehead atoms. The predicted octanol–water partition coefficient (Wildman–Crippen LogP) is 1.28. The molecule has 1 spiro atoms. The number of hydrogen-bond donors (Lipinski definition) is 2. The normalized spacial score (nSPS) is 20.0. The number of piperidine rings is 1. The number of amides is 3. The quantitative estimate of drug-likeness (QED) is 0.811. The molecule has 0 radical (unpaired) electrons. The van der Waals surface area contributed by atoms with Gasteiger partial charge in [-0.2, -0.15) is 0 Å². The Bertz CT molecular complexity index is 793. The minimum absolute atomic E-state index is 0.104. The van der Waals surface area contributed by atoms with Crippen LogP contribution in [0.2, 0.25) is 0 Å². The second-order valence-electron chi connectivity index (χ2n) is 6.09. The topological polar surface area (TPSA) is 100 Å². The van der Waals surface area contributed by atoms with E-state index in [2.05, 4.69) is 20.8 Å². The number of carbonyl (C=O) groups excluding carboxylic acids is 2. The second-order valence-corrected chi connectivity index (χ2v) is 7.15. The van der Waals surface area contributed by atoms with Crippen molar-refractivity contribution in [2.45, 2.75) is 31.8 Å². The van der Waals surface area contributed by atoms with E-state index in [9.17, 15) is 9.59 Å². The van der Waals surface area contributed by atoms with Crippen molar-refractivity contribution in [3.8, 4) is 11.5 Å². The molecule has 9 heteroatoms. The summed E-state index contributed by atoms with van der Waals surface area (Å²) in [5.74, 6) is 0.362. The molecule has 3 amide bonds. The van der Waals surface area contributed by atoms with Crippen molar-refractivity contribution in [2.24, 2.45) is 0 Å². The van der Waals surface area contributed by atoms with Crippen LogP contribution in [0.1, 0.15) is 23.5 Å². The van der Waals surface area contributed by atoms with E-state index < -0.39 is 5.54 Å². The molecule has 0 unspecified atom stereocenters. The number of aromatic nitrogens is 2. The van der Waals surface area contributed by atoms with Crippen molar-refractivity contribution >= 4 is 23.3 Å². The first-order valence-electron chi connectivity index (χ1n) is 7.80. The Hall–Kier alpha value is -2.26. The standard InChI is InChI=1S/C15H17N5O3S/c1-9-17-11(8-24-9)12-6-10(19-23-12)7-20-13(21)15(18-14(20)22)2-4-16-5-3-15/h6,8,16H,2-5,7H2,1H3,(H,18,22). The summed E-state index contributed by atoms with van der Waals surface area (Å²) in [5.41, 5.74) is 0.481. The molecular formula is C15H17N5O3S. The SMILES string of the molecule is Cc1nc(-c2cc(CN3C(=O)NC4(CCNCC4)C3=O)no2)cs1. The first kappa shape index (κ1) is 15.3. The monoisotopic (exact) mass is 347 g/mol. The first-order chi connectivity index (χ1) is 11.6. The highest BCUT2D eigenvalue weighted by atomic mass is 32.1. The van der Waals surface area contributed by atoms with Crippen molar-refractivity contribution in [3.05, 3.63) is 22.1 Å². The number of thiazole rings is 1. The van der Waals surface area contributed by atoms with Crippen LogP contribution in [0.25, 0.3) is 11.5 Å². The summed E-state index contributed by atoms with van der Waals surface area (Å²) in [7, 11) is 0. The summed E-state index contributed by atoms with van der Waals surface area (Å²) < 4.78 is 5.30. The van der Waals surface area contributed by atoms with Crippen LogP contribution in [-0.4, -0.2) is 45.6 Å². The molecule has 0 aromatic carbocycles. The Balaban J connectivity index is 1.52. The highest BCUT2D eigenvalue weighted by Gasteiger charge is 2.51. The number of urea groups is 1. The van der Waals surface area contributed by atoms with Crippen LogP contribution in [-0.2, 0) is 11.3 Å². The van der Waals surface area contributed by atoms with Crippen LogP contribution < -0.4 is 10.6 Å². The van der Waals surface area contributed by atoms with Gasteiger partial charge >= 0.3 is 6.03 Å². The van der Waals surface area contributed by atoms with Crippen LogP contribution >= 0.6 is 11.3 Å². The molecule has 2 fully saturated rings. The van der Waals surface area contributed by atoms with Gasteiger partial charge in [-0.25, -0.2) is 9.78 Å². The fraction of sp³-hybridized carbons (Fsp3) is 0.467. The third kappa shape index (κ3) is 2.49. The number of hydrogen-bond acceptors (Lipinski definition) is 7. The molecule has 2 aromatic heterocycles. The van der Waals surface area contributed by atoms with Gasteiger partial charge in [0, 0.05) is 11.4 Å². The average molecular weight is 347 g/mol. The zero-order chi connectivity index (χ0) is 16.7. The molecular weight excluding hydrogens is 330 g/mol. The zero-order valence-electron chi connectivity index (χ0n) is 13.2. The molecule has 0 aliphatic carbocycles. The van der Waals surface area contributed by atoms with Crippen molar-refractivity contribution < 1.29 is 14.1 Å². The van der Waals surface area contributed by atoms with Gasteiger partial charge in [0.25, 0.3) is 5.91 Å². The van der Waals surface area contributed by atoms with Crippen LogP contribution in [0.3, 0.4) is 0 Å². The molecule has 126 valence electrons. The van der Waals surface area contributed by atoms with E-state index in [1.807, 2.05) is 12.3 Å². The third-order valence-corrected chi connectivity index (χ3v) is 5.23. The molecule has 8 nitrogen and oxygen atoms in total. The van der Waals surface area contributed by atoms with Crippen LogP contribution in [0.5, 0.6) is 0 Å². The summed E-state index contributed by atoms with van der Waals surface area (Å²) in [6.45, 7) is 3.46. The lowest BCUT2D eigenvalue weighted by molar-refractivity contribution is -0.132. The van der Waals surface area contributed by atoms with Gasteiger partial charge in [-0.15, -0.1) is 11.3 Å². The van der Waals surface area contributed by atoms with Gasteiger partial charge < -0.3 is 15.2 Å². The van der Waals surface area contributed by atoms with E-state index in [0.717, 1.165) is 18.1 Å². The van der Waals surface area contributed by atoms with Crippen molar-refractivity contribution in [2.75, 3.05) is 13.1 Å². The second kappa shape index (κ2) is 5.67. The third-order valence-electron chi connectivity index (χ3n) is 4.45. The average Bonchev–Trinajstić information content (AvgIpc) is 3.25. The number of aryl methyl sites for hydroxylation is 1. The van der Waals surface area contributed by atoms with Crippen molar-refractivity contribution in [1.29, 1.82) is 0 Å². The summed E-state index contributed by atoms with van der Waals surface area (Å²) >= 11 is 1.52. The van der Waals surface area contributed by atoms with Gasteiger partial charge in [-0.05, 0) is 32.9 Å². The molecule has 2 N–H and O–H groups in total. The van der Waals surface area contributed by atoms with E-state index in [1.54, 1.807) is 6.07 Å². The lowest BCUT2D eigenvalue weighted by Gasteiger charge is -2.30. The van der Waals surface area contributed by atoms with Gasteiger partial charge in [-0.1, -0.05) is 5.16 Å². The molecule has 0 atom stereocenters. The molecule has 2 aliphatic heterocycles. The van der Waals surface area contributed by atoms with E-state index in [-0.39, 0.29) is 18.5 Å². The first-order valence-corrected chi connectivity index (χ1v) is 8.68. The molecule has 2 aromatic rings. The van der Waals surface area contributed by atoms with Gasteiger partial charge in [-0.3, -0.25) is 9.69 Å². The Morgan fingerprint density at radius 3 is 2.88 bits per heavy atom. The lowest BCUT2D eigenvalue weighted by atomic mass is 9.88. The maximum absolute atomic E-state index is 12.7. The molecule has 0 saturated carbocycles. The van der Waals surface area contributed by atoms with E-state index in [4.69, 9.17) is 4.52 Å². The largest absolute Gasteiger partial charge is 0.354 e. The van der Waals surface area contributed by atoms with Crippen LogP contribution in [0.15, 0.2) is 16.0 Å². The lowest BCUT2D eigenvalue weighted by Crippen LogP contribution is -2.53. The minimum atomic E-state index is -0.763. The van der Waals surface area contributed by atoms with E-state index in [0.29, 0.717) is 30.0 Å². The number of imide groups is 1.